The van der Waals surface area contributed by atoms with E-state index in [0.29, 0.717) is 44.0 Å². The maximum absolute atomic E-state index is 14.7. The average molecular weight is 648 g/mol. The molecular formula is C33H28Cl2N4O6. The molecule has 230 valence electrons. The Morgan fingerprint density at radius 2 is 1.73 bits per heavy atom. The van der Waals surface area contributed by atoms with E-state index in [1.807, 2.05) is 32.0 Å². The number of hydrogen-bond donors (Lipinski definition) is 1. The zero-order valence-corrected chi connectivity index (χ0v) is 26.3. The summed E-state index contributed by atoms with van der Waals surface area (Å²) in [5, 5.41) is 8.54. The number of ether oxygens (including phenoxy) is 3. The van der Waals surface area contributed by atoms with Gasteiger partial charge in [0.1, 0.15) is 23.8 Å². The van der Waals surface area contributed by atoms with Crippen molar-refractivity contribution in [2.45, 2.75) is 25.3 Å². The SMILES string of the molecule is COC(=O)/C=C/COc1ccc(Cl)cc1N1C(=O)c2nn(-c3ccccc3OC)c(C(C)C)c2C12C(=O)Nc1cc(Cl)ccc12. The van der Waals surface area contributed by atoms with Crippen LogP contribution in [0.5, 0.6) is 11.5 Å². The van der Waals surface area contributed by atoms with Gasteiger partial charge in [-0.05, 0) is 54.5 Å². The van der Waals surface area contributed by atoms with Crippen LogP contribution >= 0.6 is 23.2 Å². The molecule has 2 aliphatic rings. The molecular weight excluding hydrogens is 619 g/mol. The Kier molecular flexibility index (Phi) is 7.80. The van der Waals surface area contributed by atoms with Crippen LogP contribution in [0.3, 0.4) is 0 Å². The number of carbonyl (C=O) groups is 3. The smallest absolute Gasteiger partial charge is 0.330 e. The van der Waals surface area contributed by atoms with Gasteiger partial charge in [-0.3, -0.25) is 14.5 Å². The van der Waals surface area contributed by atoms with Gasteiger partial charge in [-0.15, -0.1) is 0 Å². The number of rotatable bonds is 8. The molecule has 1 N–H and O–H groups in total. The minimum absolute atomic E-state index is 0.0282. The molecule has 0 aliphatic carbocycles. The van der Waals surface area contributed by atoms with Gasteiger partial charge in [0.2, 0.25) is 0 Å². The quantitative estimate of drug-likeness (QED) is 0.177. The number of nitrogens with zero attached hydrogens (tertiary/aromatic N) is 3. The summed E-state index contributed by atoms with van der Waals surface area (Å²) in [6, 6.07) is 17.2. The first-order chi connectivity index (χ1) is 21.6. The van der Waals surface area contributed by atoms with E-state index in [9.17, 15) is 14.4 Å². The number of aromatic nitrogens is 2. The van der Waals surface area contributed by atoms with E-state index in [4.69, 9.17) is 37.8 Å². The summed E-state index contributed by atoms with van der Waals surface area (Å²) in [4.78, 5) is 42.2. The number of fused-ring (bicyclic) bond motifs is 4. The number of amides is 2. The first kappa shape index (κ1) is 30.2. The molecule has 0 saturated heterocycles. The molecule has 4 aromatic rings. The summed E-state index contributed by atoms with van der Waals surface area (Å²) < 4.78 is 18.0. The van der Waals surface area contributed by atoms with Crippen molar-refractivity contribution in [1.29, 1.82) is 0 Å². The molecule has 10 nitrogen and oxygen atoms in total. The predicted molar refractivity (Wildman–Crippen MR) is 170 cm³/mol. The topological polar surface area (TPSA) is 112 Å². The minimum Gasteiger partial charge on any atom is -0.494 e. The summed E-state index contributed by atoms with van der Waals surface area (Å²) in [5.41, 5.74) is 1.32. The first-order valence-electron chi connectivity index (χ1n) is 14.0. The molecule has 12 heteroatoms. The molecule has 2 amide bonds. The molecule has 0 radical (unpaired) electrons. The third kappa shape index (κ3) is 4.72. The van der Waals surface area contributed by atoms with E-state index in [0.717, 1.165) is 0 Å². The standard InChI is InChI=1S/C33H28Cl2N4O6/c1-18(2)30-28-29(37-39(30)23-8-5-6-9-25(23)43-3)31(41)38(33(28)21-13-11-19(34)16-22(21)36-32(33)42)24-17-20(35)12-14-26(24)45-15-7-10-27(40)44-4/h5-14,16-18H,15H2,1-4H3,(H,36,42)/b10-7+. The number of para-hydroxylation sites is 2. The van der Waals surface area contributed by atoms with Gasteiger partial charge in [-0.2, -0.15) is 5.10 Å². The number of esters is 1. The Bertz CT molecular complexity index is 1900. The maximum atomic E-state index is 14.7. The first-order valence-corrected chi connectivity index (χ1v) is 14.8. The van der Waals surface area contributed by atoms with Crippen molar-refractivity contribution < 1.29 is 28.6 Å². The zero-order chi connectivity index (χ0) is 32.0. The second-order valence-corrected chi connectivity index (χ2v) is 11.6. The Balaban J connectivity index is 1.63. The Labute approximate surface area is 269 Å². The van der Waals surface area contributed by atoms with Crippen LogP contribution in [0.15, 0.2) is 72.8 Å². The molecule has 3 aromatic carbocycles. The van der Waals surface area contributed by atoms with Gasteiger partial charge in [0.15, 0.2) is 11.2 Å². The second kappa shape index (κ2) is 11.6. The maximum Gasteiger partial charge on any atom is 0.330 e. The van der Waals surface area contributed by atoms with Gasteiger partial charge in [-0.25, -0.2) is 9.48 Å². The summed E-state index contributed by atoms with van der Waals surface area (Å²) in [6.45, 7) is 3.92. The van der Waals surface area contributed by atoms with Gasteiger partial charge in [0.05, 0.1) is 25.6 Å². The van der Waals surface area contributed by atoms with Gasteiger partial charge >= 0.3 is 5.97 Å². The van der Waals surface area contributed by atoms with E-state index < -0.39 is 23.3 Å². The van der Waals surface area contributed by atoms with Crippen LogP contribution in [0.1, 0.15) is 47.1 Å². The van der Waals surface area contributed by atoms with Gasteiger partial charge in [0.25, 0.3) is 11.8 Å². The lowest BCUT2D eigenvalue weighted by atomic mass is 9.81. The van der Waals surface area contributed by atoms with Crippen molar-refractivity contribution in [3.05, 3.63) is 105 Å². The normalized spacial score (nSPS) is 16.8. The van der Waals surface area contributed by atoms with Gasteiger partial charge in [-0.1, -0.05) is 55.2 Å². The van der Waals surface area contributed by atoms with E-state index in [1.54, 1.807) is 54.3 Å². The Morgan fingerprint density at radius 1 is 1.00 bits per heavy atom. The van der Waals surface area contributed by atoms with E-state index in [-0.39, 0.29) is 29.7 Å². The number of anilines is 2. The summed E-state index contributed by atoms with van der Waals surface area (Å²) >= 11 is 12.9. The molecule has 0 bridgehead atoms. The summed E-state index contributed by atoms with van der Waals surface area (Å²) in [7, 11) is 2.83. The van der Waals surface area contributed by atoms with Crippen LogP contribution in [0, 0.1) is 0 Å². The minimum atomic E-state index is -1.70. The average Bonchev–Trinajstić information content (AvgIpc) is 3.63. The molecule has 3 heterocycles. The second-order valence-electron chi connectivity index (χ2n) is 10.7. The van der Waals surface area contributed by atoms with Crippen LogP contribution in [0.4, 0.5) is 11.4 Å². The number of benzene rings is 3. The van der Waals surface area contributed by atoms with Crippen LogP contribution < -0.4 is 19.7 Å². The fourth-order valence-electron chi connectivity index (χ4n) is 6.00. The van der Waals surface area contributed by atoms with Crippen molar-refractivity contribution in [3.63, 3.8) is 0 Å². The molecule has 1 aromatic heterocycles. The van der Waals surface area contributed by atoms with Crippen LogP contribution in [0.2, 0.25) is 10.0 Å². The van der Waals surface area contributed by atoms with Crippen LogP contribution in [-0.4, -0.2) is 48.4 Å². The predicted octanol–water partition coefficient (Wildman–Crippen LogP) is 6.28. The third-order valence-electron chi connectivity index (χ3n) is 7.78. The summed E-state index contributed by atoms with van der Waals surface area (Å²) in [5.74, 6) is -0.933. The zero-order valence-electron chi connectivity index (χ0n) is 24.8. The van der Waals surface area contributed by atoms with Gasteiger partial charge in [0, 0.05) is 32.9 Å². The van der Waals surface area contributed by atoms with E-state index >= 15 is 0 Å². The van der Waals surface area contributed by atoms with Crippen molar-refractivity contribution in [3.8, 4) is 17.2 Å². The van der Waals surface area contributed by atoms with E-state index in [2.05, 4.69) is 10.1 Å². The Hall–Kier alpha value is -4.80. The van der Waals surface area contributed by atoms with Crippen molar-refractivity contribution in [1.82, 2.24) is 9.78 Å². The molecule has 1 spiro atoms. The molecule has 1 atom stereocenters. The monoisotopic (exact) mass is 646 g/mol. The van der Waals surface area contributed by atoms with Crippen molar-refractivity contribution >= 4 is 52.4 Å². The molecule has 1 unspecified atom stereocenters. The van der Waals surface area contributed by atoms with E-state index in [1.165, 1.54) is 24.2 Å². The highest BCUT2D eigenvalue weighted by Gasteiger charge is 2.64. The van der Waals surface area contributed by atoms with Gasteiger partial charge < -0.3 is 19.5 Å². The highest BCUT2D eigenvalue weighted by atomic mass is 35.5. The number of carbonyl (C=O) groups excluding carboxylic acids is 3. The lowest BCUT2D eigenvalue weighted by Crippen LogP contribution is -2.51. The molecule has 0 fully saturated rings. The number of nitrogens with one attached hydrogen (secondary N) is 1. The lowest BCUT2D eigenvalue weighted by molar-refractivity contribution is -0.134. The van der Waals surface area contributed by atoms with Crippen LogP contribution in [0.25, 0.3) is 5.69 Å². The third-order valence-corrected chi connectivity index (χ3v) is 8.25. The van der Waals surface area contributed by atoms with Crippen molar-refractivity contribution in [2.75, 3.05) is 31.0 Å². The fourth-order valence-corrected chi connectivity index (χ4v) is 6.34. The fraction of sp³-hybridized carbons (Fsp3) is 0.212. The highest BCUT2D eigenvalue weighted by molar-refractivity contribution is 6.32. The largest absolute Gasteiger partial charge is 0.494 e. The lowest BCUT2D eigenvalue weighted by Gasteiger charge is -2.36. The molecule has 45 heavy (non-hydrogen) atoms. The number of halogens is 2. The number of hydrogen-bond acceptors (Lipinski definition) is 7. The Morgan fingerprint density at radius 3 is 2.47 bits per heavy atom. The highest BCUT2D eigenvalue weighted by Crippen LogP contribution is 2.56. The molecule has 2 aliphatic heterocycles. The van der Waals surface area contributed by atoms with Crippen molar-refractivity contribution in [2.24, 2.45) is 0 Å². The number of methoxy groups -OCH3 is 2. The molecule has 6 rings (SSSR count). The van der Waals surface area contributed by atoms with Crippen LogP contribution in [-0.2, 0) is 19.9 Å². The molecule has 0 saturated carbocycles. The summed E-state index contributed by atoms with van der Waals surface area (Å²) in [6.07, 6.45) is 2.71.